The molecule has 6 nitrogen and oxygen atoms in total. The van der Waals surface area contributed by atoms with Crippen molar-refractivity contribution in [1.82, 2.24) is 5.43 Å². The standard InChI is InChI=1S/C21H21ClN2O4/c1-4-10-28-21-18(22)11-16(12-19(21)26-3)14-23-24-20(25)13-15-6-8-17(9-7-15)27-5-2/h1,6-9,11-12,14H,5,10,13H2,2-3H3,(H,24,25)/b23-14-. The van der Waals surface area contributed by atoms with E-state index in [1.165, 1.54) is 13.3 Å². The lowest BCUT2D eigenvalue weighted by Crippen LogP contribution is -2.19. The van der Waals surface area contributed by atoms with E-state index in [0.29, 0.717) is 28.7 Å². The molecule has 0 aliphatic carbocycles. The van der Waals surface area contributed by atoms with Crippen LogP contribution in [0.3, 0.4) is 0 Å². The third-order valence-corrected chi connectivity index (χ3v) is 3.83. The summed E-state index contributed by atoms with van der Waals surface area (Å²) in [7, 11) is 1.49. The molecule has 0 spiro atoms. The van der Waals surface area contributed by atoms with Crippen LogP contribution in [0.4, 0.5) is 0 Å². The maximum absolute atomic E-state index is 12.0. The molecule has 2 rings (SSSR count). The lowest BCUT2D eigenvalue weighted by atomic mass is 10.1. The van der Waals surface area contributed by atoms with Crippen LogP contribution in [-0.4, -0.2) is 32.4 Å². The van der Waals surface area contributed by atoms with Gasteiger partial charge in [0, 0.05) is 0 Å². The number of terminal acetylenes is 1. The molecule has 1 amide bonds. The quantitative estimate of drug-likeness (QED) is 0.397. The Morgan fingerprint density at radius 1 is 1.29 bits per heavy atom. The number of methoxy groups -OCH3 is 1. The largest absolute Gasteiger partial charge is 0.494 e. The molecule has 146 valence electrons. The van der Waals surface area contributed by atoms with Crippen LogP contribution in [-0.2, 0) is 11.2 Å². The number of halogens is 1. The highest BCUT2D eigenvalue weighted by Gasteiger charge is 2.11. The first-order chi connectivity index (χ1) is 13.6. The zero-order valence-electron chi connectivity index (χ0n) is 15.7. The fraction of sp³-hybridized carbons (Fsp3) is 0.238. The molecule has 2 aromatic carbocycles. The van der Waals surface area contributed by atoms with Gasteiger partial charge < -0.3 is 14.2 Å². The topological polar surface area (TPSA) is 69.2 Å². The molecule has 1 N–H and O–H groups in total. The molecule has 0 saturated heterocycles. The van der Waals surface area contributed by atoms with E-state index in [0.717, 1.165) is 11.3 Å². The van der Waals surface area contributed by atoms with E-state index in [2.05, 4.69) is 16.4 Å². The number of rotatable bonds is 9. The molecule has 0 aliphatic rings. The molecule has 0 saturated carbocycles. The summed E-state index contributed by atoms with van der Waals surface area (Å²) in [5, 5.41) is 4.29. The summed E-state index contributed by atoms with van der Waals surface area (Å²) >= 11 is 6.20. The molecule has 0 fully saturated rings. The van der Waals surface area contributed by atoms with Gasteiger partial charge in [0.25, 0.3) is 0 Å². The highest BCUT2D eigenvalue weighted by molar-refractivity contribution is 6.32. The SMILES string of the molecule is C#CCOc1c(Cl)cc(/C=N\NC(=O)Cc2ccc(OCC)cc2)cc1OC. The molecular formula is C21H21ClN2O4. The second-order valence-electron chi connectivity index (χ2n) is 5.57. The number of amides is 1. The van der Waals surface area contributed by atoms with E-state index in [9.17, 15) is 4.79 Å². The summed E-state index contributed by atoms with van der Waals surface area (Å²) in [6.45, 7) is 2.59. The predicted molar refractivity (Wildman–Crippen MR) is 109 cm³/mol. The predicted octanol–water partition coefficient (Wildman–Crippen LogP) is 3.45. The number of benzene rings is 2. The monoisotopic (exact) mass is 400 g/mol. The second-order valence-corrected chi connectivity index (χ2v) is 5.98. The van der Waals surface area contributed by atoms with Crippen molar-refractivity contribution in [3.63, 3.8) is 0 Å². The summed E-state index contributed by atoms with van der Waals surface area (Å²) in [5.74, 6) is 3.67. The molecule has 0 radical (unpaired) electrons. The molecule has 7 heteroatoms. The minimum Gasteiger partial charge on any atom is -0.494 e. The summed E-state index contributed by atoms with van der Waals surface area (Å²) in [6.07, 6.45) is 6.86. The molecular weight excluding hydrogens is 380 g/mol. The lowest BCUT2D eigenvalue weighted by molar-refractivity contribution is -0.120. The first-order valence-corrected chi connectivity index (χ1v) is 8.92. The Balaban J connectivity index is 1.97. The van der Waals surface area contributed by atoms with Gasteiger partial charge in [-0.3, -0.25) is 4.79 Å². The van der Waals surface area contributed by atoms with Gasteiger partial charge in [-0.15, -0.1) is 6.42 Å². The Kier molecular flexibility index (Phi) is 8.19. The molecule has 0 atom stereocenters. The molecule has 0 unspecified atom stereocenters. The van der Waals surface area contributed by atoms with Gasteiger partial charge in [-0.25, -0.2) is 5.43 Å². The van der Waals surface area contributed by atoms with Crippen molar-refractivity contribution in [2.75, 3.05) is 20.3 Å². The van der Waals surface area contributed by atoms with Crippen LogP contribution in [0.1, 0.15) is 18.1 Å². The van der Waals surface area contributed by atoms with E-state index in [4.69, 9.17) is 32.2 Å². The Morgan fingerprint density at radius 3 is 2.68 bits per heavy atom. The van der Waals surface area contributed by atoms with E-state index in [1.54, 1.807) is 12.1 Å². The highest BCUT2D eigenvalue weighted by atomic mass is 35.5. The fourth-order valence-electron chi connectivity index (χ4n) is 2.34. The second kappa shape index (κ2) is 10.9. The van der Waals surface area contributed by atoms with Gasteiger partial charge in [-0.2, -0.15) is 5.10 Å². The average Bonchev–Trinajstić information content (AvgIpc) is 2.68. The Hall–Kier alpha value is -3.17. The van der Waals surface area contributed by atoms with Crippen LogP contribution in [0.5, 0.6) is 17.2 Å². The van der Waals surface area contributed by atoms with Crippen molar-refractivity contribution in [2.45, 2.75) is 13.3 Å². The van der Waals surface area contributed by atoms with E-state index in [-0.39, 0.29) is 18.9 Å². The molecule has 28 heavy (non-hydrogen) atoms. The zero-order chi connectivity index (χ0) is 20.4. The third kappa shape index (κ3) is 6.22. The summed E-state index contributed by atoms with van der Waals surface area (Å²) < 4.78 is 16.0. The number of nitrogens with zero attached hydrogens (tertiary/aromatic N) is 1. The number of hydrazone groups is 1. The van der Waals surface area contributed by atoms with Crippen molar-refractivity contribution in [2.24, 2.45) is 5.10 Å². The van der Waals surface area contributed by atoms with Crippen LogP contribution < -0.4 is 19.6 Å². The van der Waals surface area contributed by atoms with Crippen molar-refractivity contribution in [3.05, 3.63) is 52.5 Å². The fourth-order valence-corrected chi connectivity index (χ4v) is 2.62. The molecule has 0 aromatic heterocycles. The Labute approximate surface area is 169 Å². The van der Waals surface area contributed by atoms with Gasteiger partial charge in [0.1, 0.15) is 12.4 Å². The van der Waals surface area contributed by atoms with Crippen LogP contribution >= 0.6 is 11.6 Å². The minimum absolute atomic E-state index is 0.0745. The summed E-state index contributed by atoms with van der Waals surface area (Å²) in [4.78, 5) is 12.0. The van der Waals surface area contributed by atoms with Crippen molar-refractivity contribution in [3.8, 4) is 29.6 Å². The maximum atomic E-state index is 12.0. The van der Waals surface area contributed by atoms with Gasteiger partial charge >= 0.3 is 0 Å². The number of carbonyl (C=O) groups is 1. The van der Waals surface area contributed by atoms with Crippen LogP contribution in [0.15, 0.2) is 41.5 Å². The molecule has 0 bridgehead atoms. The number of carbonyl (C=O) groups excluding carboxylic acids is 1. The average molecular weight is 401 g/mol. The van der Waals surface area contributed by atoms with Gasteiger partial charge in [0.2, 0.25) is 5.91 Å². The van der Waals surface area contributed by atoms with Crippen molar-refractivity contribution in [1.29, 1.82) is 0 Å². The normalized spacial score (nSPS) is 10.4. The van der Waals surface area contributed by atoms with Crippen LogP contribution in [0.2, 0.25) is 5.02 Å². The molecule has 0 heterocycles. The maximum Gasteiger partial charge on any atom is 0.244 e. The van der Waals surface area contributed by atoms with Crippen LogP contribution in [0, 0.1) is 12.3 Å². The number of ether oxygens (including phenoxy) is 3. The minimum atomic E-state index is -0.243. The van der Waals surface area contributed by atoms with E-state index < -0.39 is 0 Å². The molecule has 2 aromatic rings. The lowest BCUT2D eigenvalue weighted by Gasteiger charge is -2.11. The highest BCUT2D eigenvalue weighted by Crippen LogP contribution is 2.35. The third-order valence-electron chi connectivity index (χ3n) is 3.55. The first kappa shape index (κ1) is 21.1. The van der Waals surface area contributed by atoms with E-state index in [1.807, 2.05) is 31.2 Å². The smallest absolute Gasteiger partial charge is 0.244 e. The van der Waals surface area contributed by atoms with Crippen LogP contribution in [0.25, 0.3) is 0 Å². The van der Waals surface area contributed by atoms with Gasteiger partial charge in [-0.05, 0) is 42.3 Å². The first-order valence-electron chi connectivity index (χ1n) is 8.54. The Morgan fingerprint density at radius 2 is 2.04 bits per heavy atom. The van der Waals surface area contributed by atoms with E-state index >= 15 is 0 Å². The molecule has 0 aliphatic heterocycles. The number of hydrogen-bond acceptors (Lipinski definition) is 5. The number of nitrogens with one attached hydrogen (secondary N) is 1. The van der Waals surface area contributed by atoms with Gasteiger partial charge in [0.05, 0.1) is 31.4 Å². The Bertz CT molecular complexity index is 873. The van der Waals surface area contributed by atoms with Crippen molar-refractivity contribution >= 4 is 23.7 Å². The zero-order valence-corrected chi connectivity index (χ0v) is 16.5. The summed E-state index contributed by atoms with van der Waals surface area (Å²) in [5.41, 5.74) is 3.98. The van der Waals surface area contributed by atoms with Crippen molar-refractivity contribution < 1.29 is 19.0 Å². The summed E-state index contributed by atoms with van der Waals surface area (Å²) in [6, 6.07) is 10.7. The van der Waals surface area contributed by atoms with Gasteiger partial charge in [-0.1, -0.05) is 29.7 Å². The van der Waals surface area contributed by atoms with Gasteiger partial charge in [0.15, 0.2) is 11.5 Å². The number of hydrogen-bond donors (Lipinski definition) is 1.